The van der Waals surface area contributed by atoms with Gasteiger partial charge < -0.3 is 4.74 Å². The van der Waals surface area contributed by atoms with E-state index >= 15 is 0 Å². The normalized spacial score (nSPS) is 14.8. The van der Waals surface area contributed by atoms with Crippen molar-refractivity contribution in [3.05, 3.63) is 95.5 Å². The number of amides is 4. The third-order valence-corrected chi connectivity index (χ3v) is 7.41. The van der Waals surface area contributed by atoms with Gasteiger partial charge in [-0.2, -0.15) is 0 Å². The topological polar surface area (TPSA) is 75.7 Å². The number of imide groups is 2. The SMILES string of the molecule is CCOc1cc(/C=C2\C(=O)NC(=O)N(c3ccc(Cl)c(Cl)c3)C2=O)cc(I)c1Cc1cc(C)cc(C)c1. The molecule has 1 saturated heterocycles. The fraction of sp³-hybridized carbons (Fsp3) is 0.179. The van der Waals surface area contributed by atoms with E-state index in [1.807, 2.05) is 13.0 Å². The van der Waals surface area contributed by atoms with Gasteiger partial charge in [-0.25, -0.2) is 9.69 Å². The van der Waals surface area contributed by atoms with Crippen LogP contribution in [0.1, 0.15) is 34.7 Å². The Morgan fingerprint density at radius 2 is 1.68 bits per heavy atom. The molecule has 4 amide bonds. The highest BCUT2D eigenvalue weighted by Crippen LogP contribution is 2.32. The molecule has 3 aromatic carbocycles. The predicted molar refractivity (Wildman–Crippen MR) is 155 cm³/mol. The Balaban J connectivity index is 1.73. The minimum Gasteiger partial charge on any atom is -0.494 e. The van der Waals surface area contributed by atoms with E-state index in [0.29, 0.717) is 24.3 Å². The van der Waals surface area contributed by atoms with Crippen LogP contribution >= 0.6 is 45.8 Å². The lowest BCUT2D eigenvalue weighted by Crippen LogP contribution is -2.54. The molecule has 3 aromatic rings. The highest BCUT2D eigenvalue weighted by atomic mass is 127. The molecule has 0 bridgehead atoms. The molecule has 1 N–H and O–H groups in total. The van der Waals surface area contributed by atoms with Crippen molar-refractivity contribution in [1.82, 2.24) is 5.32 Å². The number of anilines is 1. The maximum atomic E-state index is 13.3. The number of carbonyl (C=O) groups excluding carboxylic acids is 3. The van der Waals surface area contributed by atoms with Crippen LogP contribution in [0.5, 0.6) is 5.75 Å². The Bertz CT molecular complexity index is 1450. The second-order valence-electron chi connectivity index (χ2n) is 8.64. The molecule has 1 heterocycles. The lowest BCUT2D eigenvalue weighted by Gasteiger charge is -2.26. The van der Waals surface area contributed by atoms with Gasteiger partial charge in [-0.1, -0.05) is 52.5 Å². The summed E-state index contributed by atoms with van der Waals surface area (Å²) in [5, 5.41) is 2.68. The van der Waals surface area contributed by atoms with Gasteiger partial charge in [-0.15, -0.1) is 0 Å². The summed E-state index contributed by atoms with van der Waals surface area (Å²) in [5.41, 5.74) is 5.16. The van der Waals surface area contributed by atoms with E-state index in [1.165, 1.54) is 41.0 Å². The highest BCUT2D eigenvalue weighted by molar-refractivity contribution is 14.1. The summed E-state index contributed by atoms with van der Waals surface area (Å²) in [4.78, 5) is 39.3. The van der Waals surface area contributed by atoms with Crippen molar-refractivity contribution in [3.8, 4) is 5.75 Å². The molecule has 37 heavy (non-hydrogen) atoms. The Morgan fingerprint density at radius 3 is 2.32 bits per heavy atom. The summed E-state index contributed by atoms with van der Waals surface area (Å²) in [5.74, 6) is -0.875. The molecule has 0 aliphatic carbocycles. The summed E-state index contributed by atoms with van der Waals surface area (Å²) in [7, 11) is 0. The van der Waals surface area contributed by atoms with Crippen LogP contribution in [0.3, 0.4) is 0 Å². The van der Waals surface area contributed by atoms with Crippen molar-refractivity contribution in [2.75, 3.05) is 11.5 Å². The van der Waals surface area contributed by atoms with E-state index in [4.69, 9.17) is 27.9 Å². The first-order valence-corrected chi connectivity index (χ1v) is 13.3. The lowest BCUT2D eigenvalue weighted by molar-refractivity contribution is -0.122. The zero-order valence-electron chi connectivity index (χ0n) is 20.3. The van der Waals surface area contributed by atoms with E-state index < -0.39 is 17.8 Å². The second kappa shape index (κ2) is 11.2. The molecule has 1 aliphatic rings. The average Bonchev–Trinajstić information content (AvgIpc) is 2.80. The third kappa shape index (κ3) is 6.00. The summed E-state index contributed by atoms with van der Waals surface area (Å²) in [6.45, 7) is 6.49. The molecule has 4 rings (SSSR count). The molecule has 0 radical (unpaired) electrons. The number of carbonyl (C=O) groups is 3. The first-order valence-electron chi connectivity index (χ1n) is 11.5. The largest absolute Gasteiger partial charge is 0.494 e. The minimum atomic E-state index is -0.862. The molecule has 0 atom stereocenters. The number of barbiturate groups is 1. The van der Waals surface area contributed by atoms with Crippen LogP contribution in [0.4, 0.5) is 10.5 Å². The third-order valence-electron chi connectivity index (χ3n) is 5.71. The Hall–Kier alpha value is -2.88. The van der Waals surface area contributed by atoms with Crippen molar-refractivity contribution < 1.29 is 19.1 Å². The van der Waals surface area contributed by atoms with E-state index in [9.17, 15) is 14.4 Å². The van der Waals surface area contributed by atoms with Crippen LogP contribution in [0, 0.1) is 17.4 Å². The van der Waals surface area contributed by atoms with Crippen molar-refractivity contribution in [3.63, 3.8) is 0 Å². The van der Waals surface area contributed by atoms with Gasteiger partial charge in [0.25, 0.3) is 11.8 Å². The Labute approximate surface area is 238 Å². The van der Waals surface area contributed by atoms with Gasteiger partial charge in [-0.05, 0) is 90.9 Å². The second-order valence-corrected chi connectivity index (χ2v) is 10.6. The van der Waals surface area contributed by atoms with Crippen LogP contribution in [0.15, 0.2) is 54.1 Å². The first-order chi connectivity index (χ1) is 17.6. The number of hydrogen-bond donors (Lipinski definition) is 1. The van der Waals surface area contributed by atoms with Gasteiger partial charge in [0.2, 0.25) is 0 Å². The molecule has 1 fully saturated rings. The smallest absolute Gasteiger partial charge is 0.335 e. The maximum Gasteiger partial charge on any atom is 0.335 e. The first kappa shape index (κ1) is 27.2. The molecule has 0 spiro atoms. The van der Waals surface area contributed by atoms with Gasteiger partial charge in [0.1, 0.15) is 11.3 Å². The summed E-state index contributed by atoms with van der Waals surface area (Å²) in [6.07, 6.45) is 2.13. The fourth-order valence-electron chi connectivity index (χ4n) is 4.23. The van der Waals surface area contributed by atoms with Crippen LogP contribution in [-0.2, 0) is 16.0 Å². The molecule has 0 saturated carbocycles. The number of nitrogens with zero attached hydrogens (tertiary/aromatic N) is 1. The highest BCUT2D eigenvalue weighted by Gasteiger charge is 2.37. The number of hydrogen-bond acceptors (Lipinski definition) is 4. The Morgan fingerprint density at radius 1 is 0.973 bits per heavy atom. The van der Waals surface area contributed by atoms with Crippen LogP contribution in [0.2, 0.25) is 10.0 Å². The molecular formula is C28H23Cl2IN2O4. The number of nitrogens with one attached hydrogen (secondary N) is 1. The average molecular weight is 649 g/mol. The Kier molecular flexibility index (Phi) is 8.26. The quantitative estimate of drug-likeness (QED) is 0.180. The van der Waals surface area contributed by atoms with Crippen molar-refractivity contribution in [2.45, 2.75) is 27.2 Å². The van der Waals surface area contributed by atoms with Gasteiger partial charge >= 0.3 is 6.03 Å². The standard InChI is InChI=1S/C28H23Cl2IN2O4/c1-4-37-25-13-18(12-24(31)20(25)10-17-8-15(2)7-16(3)9-17)11-21-26(34)32-28(36)33(27(21)35)19-5-6-22(29)23(30)14-19/h5-9,11-14H,4,10H2,1-3H3,(H,32,34,36)/b21-11+. The summed E-state index contributed by atoms with van der Waals surface area (Å²) in [6, 6.07) is 13.6. The molecule has 0 aromatic heterocycles. The van der Waals surface area contributed by atoms with Gasteiger partial charge in [-0.3, -0.25) is 14.9 Å². The van der Waals surface area contributed by atoms with E-state index in [-0.39, 0.29) is 21.3 Å². The van der Waals surface area contributed by atoms with Gasteiger partial charge in [0.05, 0.1) is 22.3 Å². The summed E-state index contributed by atoms with van der Waals surface area (Å²) < 4.78 is 6.88. The number of urea groups is 1. The molecule has 1 aliphatic heterocycles. The summed E-state index contributed by atoms with van der Waals surface area (Å²) >= 11 is 14.3. The monoisotopic (exact) mass is 648 g/mol. The number of benzene rings is 3. The van der Waals surface area contributed by atoms with Crippen LogP contribution in [-0.4, -0.2) is 24.5 Å². The van der Waals surface area contributed by atoms with E-state index in [0.717, 1.165) is 14.0 Å². The number of rotatable bonds is 6. The van der Waals surface area contributed by atoms with Crippen LogP contribution < -0.4 is 15.0 Å². The predicted octanol–water partition coefficient (Wildman–Crippen LogP) is 6.87. The van der Waals surface area contributed by atoms with E-state index in [2.05, 4.69) is 60.0 Å². The number of aryl methyl sites for hydroxylation is 2. The van der Waals surface area contributed by atoms with Crippen molar-refractivity contribution in [2.24, 2.45) is 0 Å². The number of ether oxygens (including phenoxy) is 1. The molecule has 9 heteroatoms. The van der Waals surface area contributed by atoms with Crippen molar-refractivity contribution >= 4 is 75.4 Å². The minimum absolute atomic E-state index is 0.178. The fourth-order valence-corrected chi connectivity index (χ4v) is 5.34. The molecule has 0 unspecified atom stereocenters. The molecule has 6 nitrogen and oxygen atoms in total. The van der Waals surface area contributed by atoms with Crippen LogP contribution in [0.25, 0.3) is 6.08 Å². The maximum absolute atomic E-state index is 13.3. The number of halogens is 3. The van der Waals surface area contributed by atoms with Gasteiger partial charge in [0, 0.05) is 15.6 Å². The molecular weight excluding hydrogens is 626 g/mol. The molecule has 190 valence electrons. The van der Waals surface area contributed by atoms with Gasteiger partial charge in [0.15, 0.2) is 0 Å². The lowest BCUT2D eigenvalue weighted by atomic mass is 9.98. The zero-order chi connectivity index (χ0) is 26.9. The van der Waals surface area contributed by atoms with E-state index in [1.54, 1.807) is 6.07 Å². The zero-order valence-corrected chi connectivity index (χ0v) is 24.0. The van der Waals surface area contributed by atoms with Crippen molar-refractivity contribution in [1.29, 1.82) is 0 Å².